The molecule has 7 heteroatoms. The van der Waals surface area contributed by atoms with Gasteiger partial charge in [-0.2, -0.15) is 5.26 Å². The Morgan fingerprint density at radius 3 is 2.69 bits per heavy atom. The molecule has 0 amide bonds. The molecule has 0 bridgehead atoms. The summed E-state index contributed by atoms with van der Waals surface area (Å²) >= 11 is 3.25. The Morgan fingerprint density at radius 2 is 2.19 bits per heavy atom. The second-order valence-corrected chi connectivity index (χ2v) is 5.84. The van der Waals surface area contributed by atoms with Crippen LogP contribution in [0.15, 0.2) is 16.6 Å². The van der Waals surface area contributed by atoms with Crippen LogP contribution < -0.4 is 10.5 Å². The second-order valence-electron chi connectivity index (χ2n) is 3.21. The lowest BCUT2D eigenvalue weighted by Crippen LogP contribution is -2.17. The van der Waals surface area contributed by atoms with E-state index < -0.39 is 15.8 Å². The normalized spacial score (nSPS) is 10.8. The molecule has 16 heavy (non-hydrogen) atoms. The van der Waals surface area contributed by atoms with Gasteiger partial charge in [-0.3, -0.25) is 4.72 Å². The molecule has 0 spiro atoms. The highest BCUT2D eigenvalue weighted by Gasteiger charge is 2.13. The first-order valence-corrected chi connectivity index (χ1v) is 6.73. The van der Waals surface area contributed by atoms with Gasteiger partial charge in [0.15, 0.2) is 5.75 Å². The summed E-state index contributed by atoms with van der Waals surface area (Å²) in [5, 5.41) is 8.35. The van der Waals surface area contributed by atoms with Gasteiger partial charge in [0.05, 0.1) is 17.4 Å². The number of hydrogen-bond donors (Lipinski definition) is 2. The van der Waals surface area contributed by atoms with Crippen LogP contribution in [-0.4, -0.2) is 14.2 Å². The van der Waals surface area contributed by atoms with Gasteiger partial charge in [-0.25, -0.2) is 8.42 Å². The number of nitrogens with one attached hydrogen (secondary N) is 1. The smallest absolute Gasteiger partial charge is 0.246 e. The molecule has 3 N–H and O–H groups in total. The minimum absolute atomic E-state index is 0.313. The molecule has 0 aliphatic rings. The van der Waals surface area contributed by atoms with Gasteiger partial charge in [-0.1, -0.05) is 15.9 Å². The second kappa shape index (κ2) is 4.72. The molecule has 0 radical (unpaired) electrons. The fraction of sp³-hybridized carbons (Fsp3) is 0.222. The number of nitrogens with two attached hydrogens (primary N) is 1. The van der Waals surface area contributed by atoms with Crippen LogP contribution in [0.5, 0.6) is 0 Å². The Hall–Kier alpha value is -1.26. The highest BCUT2D eigenvalue weighted by atomic mass is 79.9. The molecule has 0 fully saturated rings. The van der Waals surface area contributed by atoms with E-state index in [1.807, 2.05) is 0 Å². The quantitative estimate of drug-likeness (QED) is 0.829. The number of hydrogen-bond acceptors (Lipinski definition) is 4. The average Bonchev–Trinajstić information content (AvgIpc) is 2.11. The third kappa shape index (κ3) is 3.12. The fourth-order valence-corrected chi connectivity index (χ4v) is 2.61. The van der Waals surface area contributed by atoms with E-state index in [2.05, 4.69) is 20.7 Å². The van der Waals surface area contributed by atoms with E-state index in [-0.39, 0.29) is 0 Å². The van der Waals surface area contributed by atoms with Gasteiger partial charge in [-0.15, -0.1) is 0 Å². The Bertz CT molecular complexity index is 525. The molecule has 0 atom stereocenters. The first-order chi connectivity index (χ1) is 7.35. The van der Waals surface area contributed by atoms with Crippen LogP contribution in [0.1, 0.15) is 5.56 Å². The monoisotopic (exact) mass is 303 g/mol. The SMILES string of the molecule is Cc1cc(Br)cc(N)c1NS(=O)(=O)CC#N. The maximum absolute atomic E-state index is 11.4. The molecule has 1 rings (SSSR count). The lowest BCUT2D eigenvalue weighted by Gasteiger charge is -2.11. The lowest BCUT2D eigenvalue weighted by atomic mass is 10.2. The lowest BCUT2D eigenvalue weighted by molar-refractivity contribution is 0.604. The molecule has 0 unspecified atom stereocenters. The maximum atomic E-state index is 11.4. The van der Waals surface area contributed by atoms with Crippen LogP contribution in [0.25, 0.3) is 0 Å². The Morgan fingerprint density at radius 1 is 1.56 bits per heavy atom. The summed E-state index contributed by atoms with van der Waals surface area (Å²) in [7, 11) is -3.65. The number of benzene rings is 1. The van der Waals surface area contributed by atoms with E-state index >= 15 is 0 Å². The molecule has 1 aromatic rings. The highest BCUT2D eigenvalue weighted by molar-refractivity contribution is 9.10. The van der Waals surface area contributed by atoms with Gasteiger partial charge in [0.2, 0.25) is 10.0 Å². The Labute approximate surface area is 102 Å². The van der Waals surface area contributed by atoms with Crippen LogP contribution in [0.2, 0.25) is 0 Å². The van der Waals surface area contributed by atoms with E-state index in [0.29, 0.717) is 16.9 Å². The zero-order chi connectivity index (χ0) is 12.3. The van der Waals surface area contributed by atoms with Gasteiger partial charge < -0.3 is 5.73 Å². The third-order valence-electron chi connectivity index (χ3n) is 1.84. The van der Waals surface area contributed by atoms with Gasteiger partial charge in [0, 0.05) is 4.47 Å². The molecule has 0 saturated heterocycles. The molecule has 0 aromatic heterocycles. The van der Waals surface area contributed by atoms with Crippen molar-refractivity contribution in [3.8, 4) is 6.07 Å². The van der Waals surface area contributed by atoms with Gasteiger partial charge in [-0.05, 0) is 24.6 Å². The Kier molecular flexibility index (Phi) is 3.78. The number of nitrogen functional groups attached to an aromatic ring is 1. The van der Waals surface area contributed by atoms with Crippen molar-refractivity contribution in [3.63, 3.8) is 0 Å². The summed E-state index contributed by atoms with van der Waals surface area (Å²) in [5.74, 6) is -0.595. The van der Waals surface area contributed by atoms with Crippen molar-refractivity contribution in [2.24, 2.45) is 0 Å². The van der Waals surface area contributed by atoms with E-state index in [9.17, 15) is 8.42 Å². The standard InChI is InChI=1S/C9H10BrN3O2S/c1-6-4-7(10)5-8(12)9(6)13-16(14,15)3-2-11/h4-5,13H,3,12H2,1H3. The number of anilines is 2. The van der Waals surface area contributed by atoms with Crippen molar-refractivity contribution in [2.75, 3.05) is 16.2 Å². The van der Waals surface area contributed by atoms with Crippen molar-refractivity contribution in [1.82, 2.24) is 0 Å². The van der Waals surface area contributed by atoms with Crippen molar-refractivity contribution < 1.29 is 8.42 Å². The van der Waals surface area contributed by atoms with E-state index in [0.717, 1.165) is 4.47 Å². The summed E-state index contributed by atoms with van der Waals surface area (Å²) in [6, 6.07) is 4.91. The largest absolute Gasteiger partial charge is 0.397 e. The first-order valence-electron chi connectivity index (χ1n) is 4.29. The van der Waals surface area contributed by atoms with Crippen LogP contribution >= 0.6 is 15.9 Å². The maximum Gasteiger partial charge on any atom is 0.246 e. The topological polar surface area (TPSA) is 96.0 Å². The van der Waals surface area contributed by atoms with Crippen LogP contribution in [0, 0.1) is 18.3 Å². The molecule has 86 valence electrons. The molecule has 0 aliphatic carbocycles. The molecule has 0 aliphatic heterocycles. The first kappa shape index (κ1) is 12.8. The minimum Gasteiger partial charge on any atom is -0.397 e. The van der Waals surface area contributed by atoms with E-state index in [4.69, 9.17) is 11.0 Å². The predicted molar refractivity (Wildman–Crippen MR) is 66.3 cm³/mol. The molecule has 1 aromatic carbocycles. The van der Waals surface area contributed by atoms with Crippen molar-refractivity contribution in [2.45, 2.75) is 6.92 Å². The number of aryl methyl sites for hydroxylation is 1. The predicted octanol–water partition coefficient (Wildman–Crippen LogP) is 1.60. The summed E-state index contributed by atoms with van der Waals surface area (Å²) in [5.41, 5.74) is 7.01. The summed E-state index contributed by atoms with van der Waals surface area (Å²) < 4.78 is 25.8. The van der Waals surface area contributed by atoms with E-state index in [1.165, 1.54) is 0 Å². The minimum atomic E-state index is -3.65. The van der Waals surface area contributed by atoms with Gasteiger partial charge in [0.25, 0.3) is 0 Å². The molecule has 5 nitrogen and oxygen atoms in total. The number of rotatable bonds is 3. The number of nitriles is 1. The van der Waals surface area contributed by atoms with Crippen LogP contribution in [-0.2, 0) is 10.0 Å². The van der Waals surface area contributed by atoms with Crippen molar-refractivity contribution in [3.05, 3.63) is 22.2 Å². The molecule has 0 heterocycles. The highest BCUT2D eigenvalue weighted by Crippen LogP contribution is 2.28. The molecular formula is C9H10BrN3O2S. The summed E-state index contributed by atoms with van der Waals surface area (Å²) in [6.07, 6.45) is 0. The zero-order valence-electron chi connectivity index (χ0n) is 8.49. The third-order valence-corrected chi connectivity index (χ3v) is 3.33. The van der Waals surface area contributed by atoms with Crippen molar-refractivity contribution in [1.29, 1.82) is 5.26 Å². The van der Waals surface area contributed by atoms with Crippen molar-refractivity contribution >= 4 is 37.3 Å². The zero-order valence-corrected chi connectivity index (χ0v) is 10.9. The van der Waals surface area contributed by atoms with Gasteiger partial charge in [0.1, 0.15) is 0 Å². The summed E-state index contributed by atoms with van der Waals surface area (Å²) in [6.45, 7) is 1.73. The van der Waals surface area contributed by atoms with Crippen LogP contribution in [0.4, 0.5) is 11.4 Å². The number of sulfonamides is 1. The molecular weight excluding hydrogens is 294 g/mol. The van der Waals surface area contributed by atoms with Gasteiger partial charge >= 0.3 is 0 Å². The number of nitrogens with zero attached hydrogens (tertiary/aromatic N) is 1. The number of halogens is 1. The molecule has 0 saturated carbocycles. The Balaban J connectivity index is 3.13. The summed E-state index contributed by atoms with van der Waals surface area (Å²) in [4.78, 5) is 0. The fourth-order valence-electron chi connectivity index (χ4n) is 1.19. The average molecular weight is 304 g/mol. The van der Waals surface area contributed by atoms with Crippen LogP contribution in [0.3, 0.4) is 0 Å². The van der Waals surface area contributed by atoms with E-state index in [1.54, 1.807) is 25.1 Å².